The van der Waals surface area contributed by atoms with Gasteiger partial charge in [-0.2, -0.15) is 0 Å². The first kappa shape index (κ1) is 72.6. The van der Waals surface area contributed by atoms with E-state index in [1.165, 1.54) is 173 Å². The molecule has 438 valence electrons. The topological polar surface area (TPSA) is 78.9 Å². The van der Waals surface area contributed by atoms with Crippen LogP contribution in [0.15, 0.2) is 85.1 Å². The molecule has 76 heavy (non-hydrogen) atoms. The van der Waals surface area contributed by atoms with Crippen molar-refractivity contribution in [2.75, 3.05) is 13.2 Å². The average molecular weight is 1060 g/mol. The molecule has 0 aliphatic carbocycles. The van der Waals surface area contributed by atoms with E-state index in [2.05, 4.69) is 106 Å². The fourth-order valence-electron chi connectivity index (χ4n) is 9.33. The Morgan fingerprint density at radius 2 is 0.513 bits per heavy atom. The van der Waals surface area contributed by atoms with E-state index in [0.717, 1.165) is 109 Å². The molecule has 0 spiro atoms. The number of hydrogen-bond donors (Lipinski definition) is 0. The Hall–Kier alpha value is -3.41. The van der Waals surface area contributed by atoms with E-state index in [1.54, 1.807) is 0 Å². The maximum absolute atomic E-state index is 12.9. The molecule has 0 N–H and O–H groups in total. The highest BCUT2D eigenvalue weighted by Crippen LogP contribution is 2.17. The molecule has 0 aromatic heterocycles. The highest BCUT2D eigenvalue weighted by Gasteiger charge is 2.19. The van der Waals surface area contributed by atoms with Crippen molar-refractivity contribution in [2.24, 2.45) is 0 Å². The first-order chi connectivity index (χ1) is 37.5. The average Bonchev–Trinajstić information content (AvgIpc) is 3.42. The van der Waals surface area contributed by atoms with Gasteiger partial charge in [-0.15, -0.1) is 0 Å². The van der Waals surface area contributed by atoms with E-state index >= 15 is 0 Å². The zero-order valence-electron chi connectivity index (χ0n) is 50.3. The molecule has 0 aromatic rings. The molecule has 0 fully saturated rings. The van der Waals surface area contributed by atoms with Crippen molar-refractivity contribution in [3.63, 3.8) is 0 Å². The van der Waals surface area contributed by atoms with E-state index in [-0.39, 0.29) is 31.1 Å². The Morgan fingerprint density at radius 3 is 0.803 bits per heavy atom. The number of hydrogen-bond acceptors (Lipinski definition) is 6. The lowest BCUT2D eigenvalue weighted by atomic mass is 10.0. The van der Waals surface area contributed by atoms with Crippen LogP contribution in [-0.2, 0) is 28.6 Å². The van der Waals surface area contributed by atoms with Gasteiger partial charge in [-0.05, 0) is 89.9 Å². The van der Waals surface area contributed by atoms with Gasteiger partial charge in [-0.25, -0.2) is 0 Å². The maximum Gasteiger partial charge on any atom is 0.306 e. The smallest absolute Gasteiger partial charge is 0.306 e. The number of ether oxygens (including phenoxy) is 3. The van der Waals surface area contributed by atoms with Crippen LogP contribution < -0.4 is 0 Å². The van der Waals surface area contributed by atoms with Gasteiger partial charge in [0.15, 0.2) is 6.10 Å². The lowest BCUT2D eigenvalue weighted by Gasteiger charge is -2.18. The molecule has 1 atom stereocenters. The van der Waals surface area contributed by atoms with Gasteiger partial charge in [0, 0.05) is 19.3 Å². The van der Waals surface area contributed by atoms with Gasteiger partial charge in [-0.1, -0.05) is 298 Å². The standard InChI is InChI=1S/C70H122O6/c1-4-7-10-13-16-19-22-25-28-31-33-34-35-36-37-40-42-45-48-51-54-57-60-63-69(72)75-66-67(65-74-68(71)62-59-56-53-50-47-44-41-38-30-27-24-21-18-15-12-9-6-3)76-70(73)64-61-58-55-52-49-46-43-39-32-29-26-23-20-17-14-11-8-5-2/h7,9-10,12,16,18-19,21,25,27-28,30,33-34,67H,4-6,8,11,13-15,17,20,22-24,26,29,31-32,35-66H2,1-3H3/b10-7-,12-9-,19-16-,21-18-,28-25-,30-27-,34-33-. The summed E-state index contributed by atoms with van der Waals surface area (Å²) in [6.07, 6.45) is 84.4. The summed E-state index contributed by atoms with van der Waals surface area (Å²) in [5.41, 5.74) is 0. The molecule has 0 radical (unpaired) electrons. The highest BCUT2D eigenvalue weighted by atomic mass is 16.6. The molecule has 0 aromatic carbocycles. The van der Waals surface area contributed by atoms with Crippen LogP contribution in [-0.4, -0.2) is 37.2 Å². The Kier molecular flexibility index (Phi) is 61.2. The van der Waals surface area contributed by atoms with Crippen LogP contribution in [0.2, 0.25) is 0 Å². The van der Waals surface area contributed by atoms with Crippen molar-refractivity contribution < 1.29 is 28.6 Å². The normalized spacial score (nSPS) is 12.6. The van der Waals surface area contributed by atoms with Gasteiger partial charge in [0.25, 0.3) is 0 Å². The Labute approximate surface area is 471 Å². The molecule has 0 bridgehead atoms. The summed E-state index contributed by atoms with van der Waals surface area (Å²) in [6, 6.07) is 0. The molecule has 6 nitrogen and oxygen atoms in total. The third-order valence-electron chi connectivity index (χ3n) is 14.1. The SMILES string of the molecule is CC/C=C\C/C=C\C/C=C\C/C=C\CCCCCCCCCCCCC(=O)OCC(COC(=O)CCCCCCCCC/C=C\C/C=C\C/C=C\CC)OC(=O)CCCCCCCCCCCCCCCCCCCC. The van der Waals surface area contributed by atoms with Crippen LogP contribution in [0.3, 0.4) is 0 Å². The largest absolute Gasteiger partial charge is 0.462 e. The maximum atomic E-state index is 12.9. The van der Waals surface area contributed by atoms with E-state index in [9.17, 15) is 14.4 Å². The van der Waals surface area contributed by atoms with Crippen LogP contribution in [0.25, 0.3) is 0 Å². The van der Waals surface area contributed by atoms with Gasteiger partial charge in [0.1, 0.15) is 13.2 Å². The van der Waals surface area contributed by atoms with Crippen LogP contribution in [0.1, 0.15) is 323 Å². The summed E-state index contributed by atoms with van der Waals surface area (Å²) in [5, 5.41) is 0. The minimum atomic E-state index is -0.782. The van der Waals surface area contributed by atoms with E-state index in [1.807, 2.05) is 0 Å². The summed E-state index contributed by atoms with van der Waals surface area (Å²) < 4.78 is 17.0. The van der Waals surface area contributed by atoms with Crippen molar-refractivity contribution in [1.29, 1.82) is 0 Å². The lowest BCUT2D eigenvalue weighted by Crippen LogP contribution is -2.30. The minimum Gasteiger partial charge on any atom is -0.462 e. The predicted octanol–water partition coefficient (Wildman–Crippen LogP) is 22.3. The van der Waals surface area contributed by atoms with E-state index in [0.29, 0.717) is 19.3 Å². The summed E-state index contributed by atoms with van der Waals surface area (Å²) in [4.78, 5) is 38.4. The number of esters is 3. The quantitative estimate of drug-likeness (QED) is 0.0261. The van der Waals surface area contributed by atoms with E-state index in [4.69, 9.17) is 14.2 Å². The zero-order chi connectivity index (χ0) is 55.0. The Bertz CT molecular complexity index is 1450. The second-order valence-corrected chi connectivity index (χ2v) is 21.6. The highest BCUT2D eigenvalue weighted by molar-refractivity contribution is 5.71. The van der Waals surface area contributed by atoms with Crippen LogP contribution in [0, 0.1) is 0 Å². The second-order valence-electron chi connectivity index (χ2n) is 21.6. The number of carbonyl (C=O) groups is 3. The Balaban J connectivity index is 4.36. The van der Waals surface area contributed by atoms with Crippen molar-refractivity contribution >= 4 is 17.9 Å². The van der Waals surface area contributed by atoms with Gasteiger partial charge >= 0.3 is 17.9 Å². The molecular formula is C70H122O6. The summed E-state index contributed by atoms with van der Waals surface area (Å²) in [5.74, 6) is -0.876. The van der Waals surface area contributed by atoms with Crippen LogP contribution in [0.5, 0.6) is 0 Å². The fraction of sp³-hybridized carbons (Fsp3) is 0.757. The molecule has 0 aliphatic heterocycles. The summed E-state index contributed by atoms with van der Waals surface area (Å²) in [6.45, 7) is 6.45. The molecule has 1 unspecified atom stereocenters. The lowest BCUT2D eigenvalue weighted by molar-refractivity contribution is -0.167. The molecule has 0 amide bonds. The predicted molar refractivity (Wildman–Crippen MR) is 330 cm³/mol. The molecule has 0 rings (SSSR count). The molecule has 0 heterocycles. The molecular weight excluding hydrogens is 937 g/mol. The van der Waals surface area contributed by atoms with Crippen molar-refractivity contribution in [2.45, 2.75) is 329 Å². The number of allylic oxidation sites excluding steroid dienone is 14. The number of carbonyl (C=O) groups excluding carboxylic acids is 3. The summed E-state index contributed by atoms with van der Waals surface area (Å²) >= 11 is 0. The third kappa shape index (κ3) is 61.4. The minimum absolute atomic E-state index is 0.0792. The van der Waals surface area contributed by atoms with E-state index < -0.39 is 6.10 Å². The molecule has 0 saturated heterocycles. The fourth-order valence-corrected chi connectivity index (χ4v) is 9.33. The van der Waals surface area contributed by atoms with Crippen molar-refractivity contribution in [3.8, 4) is 0 Å². The molecule has 6 heteroatoms. The van der Waals surface area contributed by atoms with Gasteiger partial charge in [0.05, 0.1) is 0 Å². The number of unbranched alkanes of at least 4 members (excludes halogenated alkanes) is 34. The number of rotatable bonds is 59. The molecule has 0 aliphatic rings. The van der Waals surface area contributed by atoms with Gasteiger partial charge in [-0.3, -0.25) is 14.4 Å². The van der Waals surface area contributed by atoms with Gasteiger partial charge < -0.3 is 14.2 Å². The monoisotopic (exact) mass is 1060 g/mol. The first-order valence-corrected chi connectivity index (χ1v) is 32.6. The van der Waals surface area contributed by atoms with Gasteiger partial charge in [0.2, 0.25) is 0 Å². The van der Waals surface area contributed by atoms with Crippen molar-refractivity contribution in [1.82, 2.24) is 0 Å². The molecule has 0 saturated carbocycles. The van der Waals surface area contributed by atoms with Crippen LogP contribution in [0.4, 0.5) is 0 Å². The van der Waals surface area contributed by atoms with Crippen LogP contribution >= 0.6 is 0 Å². The third-order valence-corrected chi connectivity index (χ3v) is 14.1. The summed E-state index contributed by atoms with van der Waals surface area (Å²) in [7, 11) is 0. The zero-order valence-corrected chi connectivity index (χ0v) is 50.3. The van der Waals surface area contributed by atoms with Crippen molar-refractivity contribution in [3.05, 3.63) is 85.1 Å². The Morgan fingerprint density at radius 1 is 0.276 bits per heavy atom. The second kappa shape index (κ2) is 64.1. The first-order valence-electron chi connectivity index (χ1n) is 32.6.